The lowest BCUT2D eigenvalue weighted by Crippen LogP contribution is -2.30. The third-order valence-corrected chi connectivity index (χ3v) is 4.50. The lowest BCUT2D eigenvalue weighted by molar-refractivity contribution is 0.163. The third kappa shape index (κ3) is 5.33. The van der Waals surface area contributed by atoms with Crippen LogP contribution in [0.25, 0.3) is 0 Å². The van der Waals surface area contributed by atoms with Crippen molar-refractivity contribution >= 4 is 0 Å². The smallest absolute Gasteiger partial charge is 0.122 e. The van der Waals surface area contributed by atoms with Crippen LogP contribution in [0.3, 0.4) is 0 Å². The fourth-order valence-electron chi connectivity index (χ4n) is 2.77. The van der Waals surface area contributed by atoms with Gasteiger partial charge >= 0.3 is 0 Å². The predicted octanol–water partition coefficient (Wildman–Crippen LogP) is 3.28. The Hall–Kier alpha value is -1.06. The molecule has 1 N–H and O–H groups in total. The van der Waals surface area contributed by atoms with E-state index in [-0.39, 0.29) is 0 Å². The quantitative estimate of drug-likeness (QED) is 0.717. The largest absolute Gasteiger partial charge is 0.496 e. The average Bonchev–Trinajstić information content (AvgIpc) is 3.33. The minimum absolute atomic E-state index is 0.622. The topological polar surface area (TPSA) is 30.5 Å². The second kappa shape index (κ2) is 8.40. The first-order valence-electron chi connectivity index (χ1n) is 8.08. The summed E-state index contributed by atoms with van der Waals surface area (Å²) in [5.41, 5.74) is 1.31. The van der Waals surface area contributed by atoms with Gasteiger partial charge in [-0.2, -0.15) is 0 Å². The molecule has 0 bridgehead atoms. The molecule has 1 fully saturated rings. The molecule has 0 spiro atoms. The van der Waals surface area contributed by atoms with E-state index in [1.807, 2.05) is 6.07 Å². The monoisotopic (exact) mass is 291 g/mol. The van der Waals surface area contributed by atoms with Gasteiger partial charge in [-0.15, -0.1) is 0 Å². The summed E-state index contributed by atoms with van der Waals surface area (Å²) in [6.45, 7) is 4.27. The summed E-state index contributed by atoms with van der Waals surface area (Å²) in [5.74, 6) is 2.27. The van der Waals surface area contributed by atoms with Crippen LogP contribution in [-0.2, 0) is 11.2 Å². The van der Waals surface area contributed by atoms with E-state index < -0.39 is 0 Å². The van der Waals surface area contributed by atoms with Crippen molar-refractivity contribution in [3.63, 3.8) is 0 Å². The Morgan fingerprint density at radius 2 is 2.00 bits per heavy atom. The number of hydrogen-bond acceptors (Lipinski definition) is 3. The van der Waals surface area contributed by atoms with Gasteiger partial charge < -0.3 is 14.8 Å². The molecule has 1 saturated carbocycles. The number of benzene rings is 1. The maximum atomic E-state index is 5.50. The number of ether oxygens (including phenoxy) is 2. The van der Waals surface area contributed by atoms with Crippen LogP contribution in [-0.4, -0.2) is 33.4 Å². The van der Waals surface area contributed by atoms with E-state index in [4.69, 9.17) is 9.47 Å². The van der Waals surface area contributed by atoms with E-state index in [1.165, 1.54) is 18.4 Å². The molecule has 0 heterocycles. The van der Waals surface area contributed by atoms with Crippen LogP contribution in [0.2, 0.25) is 0 Å². The minimum atomic E-state index is 0.622. The fourth-order valence-corrected chi connectivity index (χ4v) is 2.77. The van der Waals surface area contributed by atoms with Crippen LogP contribution in [0.1, 0.15) is 31.7 Å². The van der Waals surface area contributed by atoms with Gasteiger partial charge in [-0.25, -0.2) is 0 Å². The standard InChI is InChI=1S/C18H29NO2/c1-14(10-11-20-2)16(13-19-17-8-9-17)12-15-6-4-5-7-18(15)21-3/h4-7,14,16-17,19H,8-13H2,1-3H3. The zero-order valence-corrected chi connectivity index (χ0v) is 13.6. The molecule has 1 aliphatic carbocycles. The number of methoxy groups -OCH3 is 2. The van der Waals surface area contributed by atoms with Crippen LogP contribution in [0, 0.1) is 11.8 Å². The highest BCUT2D eigenvalue weighted by atomic mass is 16.5. The molecule has 2 rings (SSSR count). The first-order valence-corrected chi connectivity index (χ1v) is 8.08. The molecule has 2 unspecified atom stereocenters. The molecule has 1 aromatic carbocycles. The second-order valence-corrected chi connectivity index (χ2v) is 6.22. The Morgan fingerprint density at radius 1 is 1.24 bits per heavy atom. The van der Waals surface area contributed by atoms with E-state index >= 15 is 0 Å². The molecule has 0 saturated heterocycles. The number of nitrogens with one attached hydrogen (secondary N) is 1. The summed E-state index contributed by atoms with van der Waals surface area (Å²) in [6, 6.07) is 9.14. The van der Waals surface area contributed by atoms with Gasteiger partial charge in [0.2, 0.25) is 0 Å². The molecule has 0 aliphatic heterocycles. The normalized spacial score (nSPS) is 17.5. The summed E-state index contributed by atoms with van der Waals surface area (Å²) < 4.78 is 10.8. The summed E-state index contributed by atoms with van der Waals surface area (Å²) in [7, 11) is 3.54. The zero-order chi connectivity index (χ0) is 15.1. The van der Waals surface area contributed by atoms with Gasteiger partial charge in [-0.05, 0) is 55.7 Å². The minimum Gasteiger partial charge on any atom is -0.496 e. The van der Waals surface area contributed by atoms with Gasteiger partial charge in [0, 0.05) is 19.8 Å². The van der Waals surface area contributed by atoms with Crippen molar-refractivity contribution in [1.29, 1.82) is 0 Å². The molecule has 0 radical (unpaired) electrons. The summed E-state index contributed by atoms with van der Waals surface area (Å²) in [4.78, 5) is 0. The maximum absolute atomic E-state index is 5.50. The van der Waals surface area contributed by atoms with Crippen molar-refractivity contribution in [2.24, 2.45) is 11.8 Å². The highest BCUT2D eigenvalue weighted by molar-refractivity contribution is 5.33. The second-order valence-electron chi connectivity index (χ2n) is 6.22. The Balaban J connectivity index is 1.98. The van der Waals surface area contributed by atoms with Crippen molar-refractivity contribution in [3.8, 4) is 5.75 Å². The van der Waals surface area contributed by atoms with E-state index in [0.29, 0.717) is 11.8 Å². The third-order valence-electron chi connectivity index (χ3n) is 4.50. The van der Waals surface area contributed by atoms with Crippen molar-refractivity contribution < 1.29 is 9.47 Å². The molecule has 3 nitrogen and oxygen atoms in total. The number of rotatable bonds is 10. The lowest BCUT2D eigenvalue weighted by Gasteiger charge is -2.25. The summed E-state index contributed by atoms with van der Waals surface area (Å²) in [5, 5.41) is 3.69. The van der Waals surface area contributed by atoms with E-state index in [0.717, 1.165) is 37.8 Å². The Bertz CT molecular complexity index is 417. The number of hydrogen-bond donors (Lipinski definition) is 1. The molecule has 1 aromatic rings. The zero-order valence-electron chi connectivity index (χ0n) is 13.6. The van der Waals surface area contributed by atoms with Gasteiger partial charge in [0.05, 0.1) is 7.11 Å². The molecular weight excluding hydrogens is 262 g/mol. The van der Waals surface area contributed by atoms with Gasteiger partial charge in [0.1, 0.15) is 5.75 Å². The first-order chi connectivity index (χ1) is 10.2. The van der Waals surface area contributed by atoms with Gasteiger partial charge in [-0.3, -0.25) is 0 Å². The SMILES string of the molecule is COCCC(C)C(CNC1CC1)Cc1ccccc1OC. The van der Waals surface area contributed by atoms with Crippen molar-refractivity contribution in [2.75, 3.05) is 27.4 Å². The average molecular weight is 291 g/mol. The highest BCUT2D eigenvalue weighted by Crippen LogP contribution is 2.27. The van der Waals surface area contributed by atoms with Gasteiger partial charge in [0.15, 0.2) is 0 Å². The Kier molecular flexibility index (Phi) is 6.52. The summed E-state index contributed by atoms with van der Waals surface area (Å²) >= 11 is 0. The molecule has 2 atom stereocenters. The van der Waals surface area contributed by atoms with Crippen LogP contribution < -0.4 is 10.1 Å². The van der Waals surface area contributed by atoms with Crippen molar-refractivity contribution in [3.05, 3.63) is 29.8 Å². The van der Waals surface area contributed by atoms with E-state index in [2.05, 4.69) is 30.4 Å². The molecular formula is C18H29NO2. The predicted molar refractivity (Wildman–Crippen MR) is 86.9 cm³/mol. The van der Waals surface area contributed by atoms with Crippen LogP contribution in [0.15, 0.2) is 24.3 Å². The first kappa shape index (κ1) is 16.3. The molecule has 21 heavy (non-hydrogen) atoms. The van der Waals surface area contributed by atoms with Crippen molar-refractivity contribution in [1.82, 2.24) is 5.32 Å². The number of para-hydroxylation sites is 1. The van der Waals surface area contributed by atoms with E-state index in [1.54, 1.807) is 14.2 Å². The van der Waals surface area contributed by atoms with Gasteiger partial charge in [-0.1, -0.05) is 25.1 Å². The molecule has 118 valence electrons. The fraction of sp³-hybridized carbons (Fsp3) is 0.667. The maximum Gasteiger partial charge on any atom is 0.122 e. The lowest BCUT2D eigenvalue weighted by atomic mass is 9.85. The molecule has 0 aromatic heterocycles. The molecule has 3 heteroatoms. The van der Waals surface area contributed by atoms with Crippen LogP contribution in [0.5, 0.6) is 5.75 Å². The van der Waals surface area contributed by atoms with Crippen LogP contribution in [0.4, 0.5) is 0 Å². The molecule has 0 amide bonds. The molecule has 1 aliphatic rings. The van der Waals surface area contributed by atoms with E-state index in [9.17, 15) is 0 Å². The van der Waals surface area contributed by atoms with Crippen molar-refractivity contribution in [2.45, 2.75) is 38.6 Å². The summed E-state index contributed by atoms with van der Waals surface area (Å²) in [6.07, 6.45) is 4.86. The van der Waals surface area contributed by atoms with Gasteiger partial charge in [0.25, 0.3) is 0 Å². The van der Waals surface area contributed by atoms with Crippen LogP contribution >= 0.6 is 0 Å². The Labute approximate surface area is 129 Å². The highest BCUT2D eigenvalue weighted by Gasteiger charge is 2.25. The Morgan fingerprint density at radius 3 is 2.67 bits per heavy atom.